The second-order valence-corrected chi connectivity index (χ2v) is 6.75. The second-order valence-electron chi connectivity index (χ2n) is 5.05. The number of halogens is 1. The summed E-state index contributed by atoms with van der Waals surface area (Å²) in [7, 11) is 0. The lowest BCUT2D eigenvalue weighted by atomic mass is 10.2. The molecule has 0 radical (unpaired) electrons. The minimum atomic E-state index is -0.454. The minimum absolute atomic E-state index is 0.0423. The number of hydrogen-bond acceptors (Lipinski definition) is 5. The predicted molar refractivity (Wildman–Crippen MR) is 85.4 cm³/mol. The summed E-state index contributed by atoms with van der Waals surface area (Å²) < 4.78 is 8.69. The van der Waals surface area contributed by atoms with E-state index in [1.807, 2.05) is 6.07 Å². The molecule has 0 fully saturated rings. The summed E-state index contributed by atoms with van der Waals surface area (Å²) in [5.41, 5.74) is 0.655. The van der Waals surface area contributed by atoms with Crippen LogP contribution in [0, 0.1) is 0 Å². The van der Waals surface area contributed by atoms with Crippen molar-refractivity contribution in [2.24, 2.45) is 0 Å². The number of carbonyl (C=O) groups excluding carboxylic acids is 1. The summed E-state index contributed by atoms with van der Waals surface area (Å²) in [6.07, 6.45) is 4.67. The molecular weight excluding hydrogens is 350 g/mol. The van der Waals surface area contributed by atoms with Crippen molar-refractivity contribution < 1.29 is 18.7 Å². The predicted octanol–water partition coefficient (Wildman–Crippen LogP) is 2.28. The molecule has 0 saturated heterocycles. The number of aromatic nitrogens is 3. The first-order valence-electron chi connectivity index (χ1n) is 7.03. The molecule has 4 aromatic heterocycles. The number of imidazole rings is 1. The van der Waals surface area contributed by atoms with Crippen molar-refractivity contribution >= 4 is 34.4 Å². The van der Waals surface area contributed by atoms with Gasteiger partial charge in [0.05, 0.1) is 17.3 Å². The van der Waals surface area contributed by atoms with Gasteiger partial charge in [-0.05, 0) is 18.2 Å². The highest BCUT2D eigenvalue weighted by Crippen LogP contribution is 2.24. The van der Waals surface area contributed by atoms with Gasteiger partial charge >= 0.3 is 0 Å². The van der Waals surface area contributed by atoms with Gasteiger partial charge in [0.1, 0.15) is 12.4 Å². The molecule has 4 rings (SSSR count). The van der Waals surface area contributed by atoms with E-state index >= 15 is 0 Å². The number of carbonyl (C=O) groups is 1. The van der Waals surface area contributed by atoms with Gasteiger partial charge in [-0.1, -0.05) is 17.7 Å². The molecule has 0 unspecified atom stereocenters. The fraction of sp³-hybridized carbons (Fsp3) is 0.0625. The van der Waals surface area contributed by atoms with Gasteiger partial charge < -0.3 is 9.52 Å². The number of ketones is 1. The Bertz CT molecular complexity index is 1040. The molecule has 0 aliphatic heterocycles. The van der Waals surface area contributed by atoms with Gasteiger partial charge in [0, 0.05) is 12.3 Å². The molecule has 0 N–H and O–H groups in total. The van der Waals surface area contributed by atoms with E-state index in [0.717, 1.165) is 4.88 Å². The van der Waals surface area contributed by atoms with E-state index in [1.54, 1.807) is 35.2 Å². The largest absolute Gasteiger partial charge is 0.839 e. The SMILES string of the molecule is O=C(c1ccco1)c1c([O-])[n+]2ccccc2n1Cc1cnc(Cl)s1. The summed E-state index contributed by atoms with van der Waals surface area (Å²) in [4.78, 5) is 17.6. The van der Waals surface area contributed by atoms with Crippen LogP contribution >= 0.6 is 22.9 Å². The summed E-state index contributed by atoms with van der Waals surface area (Å²) >= 11 is 7.19. The lowest BCUT2D eigenvalue weighted by molar-refractivity contribution is -0.582. The Labute approximate surface area is 145 Å². The van der Waals surface area contributed by atoms with Crippen LogP contribution in [0.25, 0.3) is 5.65 Å². The van der Waals surface area contributed by atoms with E-state index in [1.165, 1.54) is 28.1 Å². The quantitative estimate of drug-likeness (QED) is 0.414. The van der Waals surface area contributed by atoms with Crippen molar-refractivity contribution in [1.29, 1.82) is 0 Å². The fourth-order valence-corrected chi connectivity index (χ4v) is 3.55. The number of thiazole rings is 1. The molecule has 0 aliphatic carbocycles. The Morgan fingerprint density at radius 1 is 1.38 bits per heavy atom. The summed E-state index contributed by atoms with van der Waals surface area (Å²) in [6.45, 7) is 0.321. The van der Waals surface area contributed by atoms with Crippen LogP contribution < -0.4 is 9.51 Å². The first-order valence-corrected chi connectivity index (χ1v) is 8.23. The normalized spacial score (nSPS) is 11.2. The van der Waals surface area contributed by atoms with E-state index in [4.69, 9.17) is 16.0 Å². The number of rotatable bonds is 4. The average Bonchev–Trinajstić information content (AvgIpc) is 3.30. The number of fused-ring (bicyclic) bond motifs is 1. The van der Waals surface area contributed by atoms with Crippen molar-refractivity contribution in [3.63, 3.8) is 0 Å². The highest BCUT2D eigenvalue weighted by atomic mass is 35.5. The molecule has 0 aromatic carbocycles. The monoisotopic (exact) mass is 359 g/mol. The Morgan fingerprint density at radius 2 is 2.25 bits per heavy atom. The summed E-state index contributed by atoms with van der Waals surface area (Å²) in [6, 6.07) is 8.48. The van der Waals surface area contributed by atoms with Crippen molar-refractivity contribution in [3.05, 3.63) is 69.8 Å². The first-order chi connectivity index (χ1) is 11.6. The van der Waals surface area contributed by atoms with Gasteiger partial charge in [-0.2, -0.15) is 0 Å². The molecule has 0 bridgehead atoms. The molecule has 0 saturated carbocycles. The van der Waals surface area contributed by atoms with Crippen LogP contribution in [0.1, 0.15) is 21.1 Å². The molecule has 4 aromatic rings. The zero-order valence-electron chi connectivity index (χ0n) is 12.2. The van der Waals surface area contributed by atoms with Crippen LogP contribution in [0.15, 0.2) is 53.4 Å². The number of nitrogens with zero attached hydrogens (tertiary/aromatic N) is 3. The highest BCUT2D eigenvalue weighted by molar-refractivity contribution is 7.15. The number of pyridine rings is 1. The zero-order valence-corrected chi connectivity index (χ0v) is 13.8. The van der Waals surface area contributed by atoms with E-state index < -0.39 is 5.78 Å². The van der Waals surface area contributed by atoms with Crippen LogP contribution in [0.3, 0.4) is 0 Å². The number of furan rings is 1. The fourth-order valence-electron chi connectivity index (χ4n) is 2.59. The third-order valence-corrected chi connectivity index (χ3v) is 4.71. The van der Waals surface area contributed by atoms with Gasteiger partial charge in [0.25, 0.3) is 11.4 Å². The van der Waals surface area contributed by atoms with Crippen molar-refractivity contribution in [3.8, 4) is 5.88 Å². The molecule has 0 spiro atoms. The summed E-state index contributed by atoms with van der Waals surface area (Å²) in [5.74, 6) is -0.717. The van der Waals surface area contributed by atoms with Crippen molar-refractivity contribution in [2.75, 3.05) is 0 Å². The lowest BCUT2D eigenvalue weighted by Crippen LogP contribution is -2.24. The minimum Gasteiger partial charge on any atom is -0.839 e. The van der Waals surface area contributed by atoms with Crippen LogP contribution in [-0.2, 0) is 6.54 Å². The van der Waals surface area contributed by atoms with Gasteiger partial charge in [0.15, 0.2) is 10.2 Å². The molecule has 0 atom stereocenters. The maximum atomic E-state index is 12.7. The third kappa shape index (κ3) is 2.38. The van der Waals surface area contributed by atoms with Gasteiger partial charge in [0.2, 0.25) is 5.69 Å². The molecule has 4 heterocycles. The molecule has 0 amide bonds. The van der Waals surface area contributed by atoms with Crippen LogP contribution in [0.2, 0.25) is 4.47 Å². The van der Waals surface area contributed by atoms with E-state index in [9.17, 15) is 9.90 Å². The number of hydrogen-bond donors (Lipinski definition) is 0. The Hall–Kier alpha value is -2.64. The topological polar surface area (TPSA) is 75.2 Å². The Kier molecular flexibility index (Phi) is 3.59. The van der Waals surface area contributed by atoms with Gasteiger partial charge in [-0.3, -0.25) is 4.79 Å². The van der Waals surface area contributed by atoms with Crippen LogP contribution in [-0.4, -0.2) is 15.3 Å². The van der Waals surface area contributed by atoms with E-state index in [-0.39, 0.29) is 17.3 Å². The zero-order chi connectivity index (χ0) is 16.7. The van der Waals surface area contributed by atoms with Crippen molar-refractivity contribution in [1.82, 2.24) is 9.55 Å². The average molecular weight is 360 g/mol. The molecular formula is C16H10ClN3O3S. The van der Waals surface area contributed by atoms with Gasteiger partial charge in [-0.25, -0.2) is 14.0 Å². The highest BCUT2D eigenvalue weighted by Gasteiger charge is 2.28. The Morgan fingerprint density at radius 3 is 2.96 bits per heavy atom. The second kappa shape index (κ2) is 5.77. The standard InChI is InChI=1S/C16H10ClN3O3S/c17-16-18-8-10(24-16)9-20-12-5-1-2-6-19(12)15(22)13(20)14(21)11-4-3-7-23-11/h1-8H,9H2. The lowest BCUT2D eigenvalue weighted by Gasteiger charge is -2.02. The molecule has 0 aliphatic rings. The van der Waals surface area contributed by atoms with E-state index in [0.29, 0.717) is 16.7 Å². The van der Waals surface area contributed by atoms with Crippen LogP contribution in [0.5, 0.6) is 5.88 Å². The van der Waals surface area contributed by atoms with E-state index in [2.05, 4.69) is 4.98 Å². The molecule has 120 valence electrons. The van der Waals surface area contributed by atoms with Crippen molar-refractivity contribution in [2.45, 2.75) is 6.54 Å². The molecule has 6 nitrogen and oxygen atoms in total. The first kappa shape index (κ1) is 14.9. The maximum Gasteiger partial charge on any atom is 0.286 e. The smallest absolute Gasteiger partial charge is 0.286 e. The molecule has 8 heteroatoms. The molecule has 24 heavy (non-hydrogen) atoms. The Balaban J connectivity index is 1.92. The van der Waals surface area contributed by atoms with Gasteiger partial charge in [-0.15, -0.1) is 11.3 Å². The summed E-state index contributed by atoms with van der Waals surface area (Å²) in [5, 5.41) is 12.7. The maximum absolute atomic E-state index is 12.7. The third-order valence-electron chi connectivity index (χ3n) is 3.61. The van der Waals surface area contributed by atoms with Crippen LogP contribution in [0.4, 0.5) is 0 Å².